The zero-order chi connectivity index (χ0) is 24.9. The number of allylic oxidation sites excluding steroid dienone is 2. The van der Waals surface area contributed by atoms with E-state index in [1.54, 1.807) is 33.4 Å². The monoisotopic (exact) mass is 623 g/mol. The zero-order valence-electron chi connectivity index (χ0n) is 23.1. The molecule has 0 N–H and O–H groups in total. The number of halogens is 2. The Kier molecular flexibility index (Phi) is 9.78. The van der Waals surface area contributed by atoms with Crippen molar-refractivity contribution in [1.82, 2.24) is 0 Å². The molecule has 0 spiro atoms. The predicted octanol–water partition coefficient (Wildman–Crippen LogP) is 1.95. The van der Waals surface area contributed by atoms with Crippen LogP contribution in [0.2, 0.25) is 0 Å². The molecule has 0 heterocycles. The molecule has 3 aromatic rings. The molecule has 37 heavy (non-hydrogen) atoms. The Morgan fingerprint density at radius 3 is 1.51 bits per heavy atom. The van der Waals surface area contributed by atoms with Gasteiger partial charge in [0.15, 0.2) is 0 Å². The van der Waals surface area contributed by atoms with E-state index >= 15 is 0 Å². The molecule has 5 rings (SSSR count). The van der Waals surface area contributed by atoms with Crippen LogP contribution < -0.4 is 24.8 Å². The normalized spacial score (nSPS) is 18.2. The van der Waals surface area contributed by atoms with Crippen LogP contribution >= 0.6 is 0 Å². The van der Waals surface area contributed by atoms with Gasteiger partial charge in [-0.3, -0.25) is 0 Å². The molecule has 0 saturated carbocycles. The Morgan fingerprint density at radius 1 is 0.676 bits per heavy atom. The molecule has 2 atom stereocenters. The second-order valence-electron chi connectivity index (χ2n) is 11.1. The largest absolute Gasteiger partial charge is 1.00 e. The summed E-state index contributed by atoms with van der Waals surface area (Å²) in [5, 5.41) is 0. The fraction of sp³-hybridized carbons (Fsp3) is 0.333. The Labute approximate surface area is 242 Å². The van der Waals surface area contributed by atoms with Crippen molar-refractivity contribution in [1.29, 1.82) is 0 Å². The molecule has 0 fully saturated rings. The Balaban J connectivity index is 0.00000190. The van der Waals surface area contributed by atoms with Gasteiger partial charge in [-0.2, -0.15) is 0 Å². The number of rotatable bonds is 6. The van der Waals surface area contributed by atoms with Crippen molar-refractivity contribution in [3.8, 4) is 0 Å². The maximum absolute atomic E-state index is 3.02. The van der Waals surface area contributed by atoms with Crippen LogP contribution in [0.5, 0.6) is 0 Å². The van der Waals surface area contributed by atoms with Crippen molar-refractivity contribution in [2.24, 2.45) is 0 Å². The number of hydrogen-bond acceptors (Lipinski definition) is 0. The molecule has 0 amide bonds. The van der Waals surface area contributed by atoms with Gasteiger partial charge < -0.3 is 24.8 Å². The molecule has 0 aliphatic heterocycles. The van der Waals surface area contributed by atoms with Crippen LogP contribution in [0.15, 0.2) is 65.7 Å². The van der Waals surface area contributed by atoms with E-state index in [1.165, 1.54) is 31.9 Å². The molecule has 0 aromatic heterocycles. The van der Waals surface area contributed by atoms with Crippen LogP contribution in [0.1, 0.15) is 85.0 Å². The molecule has 3 aromatic carbocycles. The molecule has 4 heteroatoms. The van der Waals surface area contributed by atoms with Gasteiger partial charge in [-0.1, -0.05) is 0 Å². The van der Waals surface area contributed by atoms with Crippen LogP contribution in [0.25, 0.3) is 12.2 Å². The minimum Gasteiger partial charge on any atom is -1.00 e. The number of hydrogen-bond donors (Lipinski definition) is 0. The molecule has 0 bridgehead atoms. The minimum atomic E-state index is -3.02. The van der Waals surface area contributed by atoms with Gasteiger partial charge in [0.25, 0.3) is 0 Å². The van der Waals surface area contributed by atoms with E-state index in [2.05, 4.69) is 115 Å². The number of fused-ring (bicyclic) bond motifs is 2. The molecule has 193 valence electrons. The summed E-state index contributed by atoms with van der Waals surface area (Å²) in [6.07, 6.45) is 7.34. The van der Waals surface area contributed by atoms with Gasteiger partial charge in [-0.25, -0.2) is 0 Å². The summed E-state index contributed by atoms with van der Waals surface area (Å²) in [6, 6.07) is 21.3. The average Bonchev–Trinajstić information content (AvgIpc) is 3.34. The zero-order valence-corrected chi connectivity index (χ0v) is 28.5. The van der Waals surface area contributed by atoms with Crippen LogP contribution in [-0.4, -0.2) is 6.88 Å². The first-order chi connectivity index (χ1) is 16.8. The van der Waals surface area contributed by atoms with E-state index < -0.39 is 18.9 Å². The van der Waals surface area contributed by atoms with Crippen molar-refractivity contribution >= 4 is 19.0 Å². The van der Waals surface area contributed by atoms with Gasteiger partial charge in [0, 0.05) is 0 Å². The molecule has 2 unspecified atom stereocenters. The fourth-order valence-electron chi connectivity index (χ4n) is 7.21. The van der Waals surface area contributed by atoms with Crippen molar-refractivity contribution in [3.05, 3.63) is 116 Å². The van der Waals surface area contributed by atoms with E-state index in [0.29, 0.717) is 7.25 Å². The molecular formula is C33H39Cl2SiZr. The van der Waals surface area contributed by atoms with E-state index in [0.717, 1.165) is 12.8 Å². The van der Waals surface area contributed by atoms with E-state index in [9.17, 15) is 0 Å². The second kappa shape index (κ2) is 11.9. The van der Waals surface area contributed by atoms with Crippen LogP contribution in [0.3, 0.4) is 0 Å². The van der Waals surface area contributed by atoms with Gasteiger partial charge in [0.2, 0.25) is 0 Å². The maximum Gasteiger partial charge on any atom is -1.00 e. The smallest absolute Gasteiger partial charge is 1.00 e. The second-order valence-corrected chi connectivity index (χ2v) is 28.7. The van der Waals surface area contributed by atoms with Gasteiger partial charge in [0.05, 0.1) is 0 Å². The molecule has 0 saturated heterocycles. The van der Waals surface area contributed by atoms with Gasteiger partial charge in [0.1, 0.15) is 0 Å². The van der Waals surface area contributed by atoms with E-state index in [-0.39, 0.29) is 24.8 Å². The Bertz CT molecular complexity index is 1330. The Morgan fingerprint density at radius 2 is 1.11 bits per heavy atom. The average molecular weight is 626 g/mol. The number of benzene rings is 3. The predicted molar refractivity (Wildman–Crippen MR) is 153 cm³/mol. The van der Waals surface area contributed by atoms with Gasteiger partial charge >= 0.3 is 219 Å². The SMILES string of the molecule is CCc1cc(C)cc2c1C=C(C)[CH]2[Zr+2](=[SiH2])([CH2]c1ccccc1)[CH]1C(C)=Cc2c(CC)cc(C)cc21.[Cl-].[Cl-]. The standard InChI is InChI=1S/2C13H15.C7H7.2ClH.H2Si.Zr/c2*1-4-11-5-9(2)6-12-7-10(3)8-13(11)12;1-7-5-3-2-4-6-7;;;;/h2*5-8H,4H2,1-3H3;2-6H,1H2;2*1H;1H2;/q;;;;;;+2/p-2. The molecule has 0 radical (unpaired) electrons. The topological polar surface area (TPSA) is 0 Å². The fourth-order valence-corrected chi connectivity index (χ4v) is 28.7. The van der Waals surface area contributed by atoms with Crippen molar-refractivity contribution in [2.75, 3.05) is 0 Å². The summed E-state index contributed by atoms with van der Waals surface area (Å²) in [6.45, 7) is 16.6. The summed E-state index contributed by atoms with van der Waals surface area (Å²) in [4.78, 5) is 0. The minimum absolute atomic E-state index is 0. The van der Waals surface area contributed by atoms with Gasteiger partial charge in [-0.15, -0.1) is 0 Å². The summed E-state index contributed by atoms with van der Waals surface area (Å²) in [7, 11) is 0. The van der Waals surface area contributed by atoms with Crippen LogP contribution in [0, 0.1) is 13.8 Å². The summed E-state index contributed by atoms with van der Waals surface area (Å²) in [5.74, 6) is 0. The van der Waals surface area contributed by atoms with Crippen molar-refractivity contribution < 1.29 is 43.7 Å². The first-order valence-electron chi connectivity index (χ1n) is 13.3. The summed E-state index contributed by atoms with van der Waals surface area (Å²) in [5.41, 5.74) is 17.0. The first kappa shape index (κ1) is 30.4. The molecule has 0 nitrogen and oxygen atoms in total. The molecule has 2 aliphatic carbocycles. The third-order valence-electron chi connectivity index (χ3n) is 8.45. The van der Waals surface area contributed by atoms with Gasteiger partial charge in [-0.05, 0) is 0 Å². The third-order valence-corrected chi connectivity index (χ3v) is 26.8. The van der Waals surface area contributed by atoms with E-state index in [4.69, 9.17) is 0 Å². The number of aryl methyl sites for hydroxylation is 4. The van der Waals surface area contributed by atoms with Crippen LogP contribution in [0.4, 0.5) is 0 Å². The quantitative estimate of drug-likeness (QED) is 0.368. The summed E-state index contributed by atoms with van der Waals surface area (Å²) < 4.78 is 2.52. The third kappa shape index (κ3) is 5.34. The summed E-state index contributed by atoms with van der Waals surface area (Å²) >= 11 is -3.02. The maximum atomic E-state index is 2.56. The van der Waals surface area contributed by atoms with Crippen molar-refractivity contribution in [2.45, 2.75) is 65.8 Å². The first-order valence-corrected chi connectivity index (χ1v) is 23.8. The molecule has 2 aliphatic rings. The Hall–Kier alpha value is -1.18. The van der Waals surface area contributed by atoms with Crippen molar-refractivity contribution in [3.63, 3.8) is 0 Å². The molecular weight excluding hydrogens is 587 g/mol. The van der Waals surface area contributed by atoms with E-state index in [1.807, 2.05) is 0 Å². The van der Waals surface area contributed by atoms with Crippen LogP contribution in [-0.2, 0) is 35.9 Å².